The van der Waals surface area contributed by atoms with Crippen LogP contribution in [0.3, 0.4) is 0 Å². The van der Waals surface area contributed by atoms with Crippen molar-refractivity contribution in [1.29, 1.82) is 0 Å². The number of nitrogens with zero attached hydrogens (tertiary/aromatic N) is 2. The van der Waals surface area contributed by atoms with Gasteiger partial charge in [-0.1, -0.05) is 13.8 Å². The molecule has 0 spiro atoms. The highest BCUT2D eigenvalue weighted by Gasteiger charge is 2.07. The zero-order valence-electron chi connectivity index (χ0n) is 7.20. The zero-order chi connectivity index (χ0) is 8.43. The molecule has 0 aliphatic heterocycles. The zero-order valence-corrected chi connectivity index (χ0v) is 7.20. The average molecular weight is 154 g/mol. The lowest BCUT2D eigenvalue weighted by atomic mass is 10.1. The van der Waals surface area contributed by atoms with E-state index >= 15 is 0 Å². The van der Waals surface area contributed by atoms with Crippen molar-refractivity contribution in [1.82, 2.24) is 9.78 Å². The predicted molar refractivity (Wildman–Crippen MR) is 43.7 cm³/mol. The molecule has 1 aromatic heterocycles. The first-order valence-corrected chi connectivity index (χ1v) is 3.91. The van der Waals surface area contributed by atoms with Crippen LogP contribution in [0.4, 0.5) is 0 Å². The summed E-state index contributed by atoms with van der Waals surface area (Å²) in [5.74, 6) is 0.643. The van der Waals surface area contributed by atoms with Crippen LogP contribution in [-0.4, -0.2) is 14.9 Å². The molecule has 1 aromatic rings. The maximum Gasteiger partial charge on any atom is 0.209 e. The highest BCUT2D eigenvalue weighted by molar-refractivity contribution is 5.16. The van der Waals surface area contributed by atoms with Crippen LogP contribution in [0.5, 0.6) is 5.88 Å². The molecule has 1 heterocycles. The van der Waals surface area contributed by atoms with Gasteiger partial charge in [0.15, 0.2) is 0 Å². The van der Waals surface area contributed by atoms with Crippen LogP contribution < -0.4 is 0 Å². The van der Waals surface area contributed by atoms with Gasteiger partial charge in [-0.15, -0.1) is 0 Å². The van der Waals surface area contributed by atoms with Crippen molar-refractivity contribution in [2.75, 3.05) is 0 Å². The van der Waals surface area contributed by atoms with Crippen LogP contribution in [0.25, 0.3) is 0 Å². The van der Waals surface area contributed by atoms with Gasteiger partial charge in [0.1, 0.15) is 0 Å². The minimum atomic E-state index is 0.260. The van der Waals surface area contributed by atoms with Crippen molar-refractivity contribution in [3.05, 3.63) is 11.8 Å². The number of rotatable bonds is 2. The minimum absolute atomic E-state index is 0.260. The molecule has 0 fully saturated rings. The maximum atomic E-state index is 9.28. The largest absolute Gasteiger partial charge is 0.493 e. The second kappa shape index (κ2) is 2.95. The van der Waals surface area contributed by atoms with Crippen molar-refractivity contribution in [3.8, 4) is 5.88 Å². The molecule has 0 bridgehead atoms. The number of aryl methyl sites for hydroxylation is 1. The molecule has 0 amide bonds. The van der Waals surface area contributed by atoms with E-state index in [9.17, 15) is 5.11 Å². The number of aromatic hydroxyl groups is 1. The molecule has 0 aliphatic rings. The Morgan fingerprint density at radius 2 is 2.27 bits per heavy atom. The maximum absolute atomic E-state index is 9.28. The van der Waals surface area contributed by atoms with Gasteiger partial charge in [-0.05, 0) is 12.8 Å². The van der Waals surface area contributed by atoms with E-state index in [4.69, 9.17) is 0 Å². The van der Waals surface area contributed by atoms with E-state index < -0.39 is 0 Å². The molecule has 0 unspecified atom stereocenters. The van der Waals surface area contributed by atoms with Crippen molar-refractivity contribution in [2.24, 2.45) is 0 Å². The van der Waals surface area contributed by atoms with E-state index in [-0.39, 0.29) is 5.88 Å². The third kappa shape index (κ3) is 1.53. The quantitative estimate of drug-likeness (QED) is 0.704. The first-order valence-electron chi connectivity index (χ1n) is 3.91. The van der Waals surface area contributed by atoms with Crippen LogP contribution in [-0.2, 0) is 6.54 Å². The fourth-order valence-electron chi connectivity index (χ4n) is 0.941. The molecular weight excluding hydrogens is 140 g/mol. The van der Waals surface area contributed by atoms with Crippen LogP contribution in [0, 0.1) is 0 Å². The van der Waals surface area contributed by atoms with Crippen LogP contribution in [0.2, 0.25) is 0 Å². The van der Waals surface area contributed by atoms with E-state index in [2.05, 4.69) is 18.9 Å². The van der Waals surface area contributed by atoms with Gasteiger partial charge in [0.25, 0.3) is 0 Å². The SMILES string of the molecule is CCn1nc(C(C)C)cc1O. The fourth-order valence-corrected chi connectivity index (χ4v) is 0.941. The van der Waals surface area contributed by atoms with Gasteiger partial charge < -0.3 is 5.11 Å². The van der Waals surface area contributed by atoms with Crippen molar-refractivity contribution in [3.63, 3.8) is 0 Å². The van der Waals surface area contributed by atoms with Crippen LogP contribution >= 0.6 is 0 Å². The minimum Gasteiger partial charge on any atom is -0.493 e. The summed E-state index contributed by atoms with van der Waals surface area (Å²) in [6.07, 6.45) is 0. The number of aromatic nitrogens is 2. The van der Waals surface area contributed by atoms with E-state index in [1.165, 1.54) is 0 Å². The van der Waals surface area contributed by atoms with Gasteiger partial charge in [0.05, 0.1) is 5.69 Å². The Kier molecular flexibility index (Phi) is 2.17. The van der Waals surface area contributed by atoms with Gasteiger partial charge in [0.2, 0.25) is 5.88 Å². The summed E-state index contributed by atoms with van der Waals surface area (Å²) in [5, 5.41) is 13.5. The van der Waals surface area contributed by atoms with Gasteiger partial charge in [0, 0.05) is 12.6 Å². The molecule has 0 saturated carbocycles. The molecule has 0 atom stereocenters. The Bertz CT molecular complexity index is 240. The average Bonchev–Trinajstić information content (AvgIpc) is 2.31. The second-order valence-electron chi connectivity index (χ2n) is 2.90. The third-order valence-electron chi connectivity index (χ3n) is 1.67. The Balaban J connectivity index is 2.95. The first-order chi connectivity index (χ1) is 5.15. The molecule has 11 heavy (non-hydrogen) atoms. The summed E-state index contributed by atoms with van der Waals surface area (Å²) in [4.78, 5) is 0. The van der Waals surface area contributed by atoms with E-state index in [1.54, 1.807) is 10.7 Å². The number of hydrogen-bond acceptors (Lipinski definition) is 2. The highest BCUT2D eigenvalue weighted by atomic mass is 16.3. The summed E-state index contributed by atoms with van der Waals surface area (Å²) in [7, 11) is 0. The Morgan fingerprint density at radius 3 is 2.55 bits per heavy atom. The van der Waals surface area contributed by atoms with Gasteiger partial charge in [-0.25, -0.2) is 4.68 Å². The van der Waals surface area contributed by atoms with Crippen molar-refractivity contribution >= 4 is 0 Å². The Hall–Kier alpha value is -0.990. The lowest BCUT2D eigenvalue weighted by Crippen LogP contribution is -1.97. The summed E-state index contributed by atoms with van der Waals surface area (Å²) >= 11 is 0. The normalized spacial score (nSPS) is 10.9. The smallest absolute Gasteiger partial charge is 0.209 e. The molecule has 0 radical (unpaired) electrons. The molecule has 3 heteroatoms. The first kappa shape index (κ1) is 8.11. The van der Waals surface area contributed by atoms with E-state index in [0.717, 1.165) is 12.2 Å². The second-order valence-corrected chi connectivity index (χ2v) is 2.90. The summed E-state index contributed by atoms with van der Waals surface area (Å²) in [6.45, 7) is 6.79. The van der Waals surface area contributed by atoms with Crippen LogP contribution in [0.15, 0.2) is 6.07 Å². The standard InChI is InChI=1S/C8H14N2O/c1-4-10-8(11)5-7(9-10)6(2)3/h5-6,11H,4H2,1-3H3. The summed E-state index contributed by atoms with van der Waals surface area (Å²) in [5.41, 5.74) is 0.948. The van der Waals surface area contributed by atoms with Crippen molar-refractivity contribution in [2.45, 2.75) is 33.2 Å². The molecule has 1 N–H and O–H groups in total. The third-order valence-corrected chi connectivity index (χ3v) is 1.67. The van der Waals surface area contributed by atoms with E-state index in [1.807, 2.05) is 6.92 Å². The molecule has 0 saturated heterocycles. The van der Waals surface area contributed by atoms with E-state index in [0.29, 0.717) is 5.92 Å². The Morgan fingerprint density at radius 1 is 1.64 bits per heavy atom. The van der Waals surface area contributed by atoms with Crippen molar-refractivity contribution < 1.29 is 5.11 Å². The van der Waals surface area contributed by atoms with Gasteiger partial charge in [-0.3, -0.25) is 0 Å². The summed E-state index contributed by atoms with van der Waals surface area (Å²) < 4.78 is 1.59. The molecule has 1 rings (SSSR count). The van der Waals surface area contributed by atoms with Gasteiger partial charge >= 0.3 is 0 Å². The summed E-state index contributed by atoms with van der Waals surface area (Å²) in [6, 6.07) is 1.72. The topological polar surface area (TPSA) is 38.0 Å². The van der Waals surface area contributed by atoms with Gasteiger partial charge in [-0.2, -0.15) is 5.10 Å². The lowest BCUT2D eigenvalue weighted by Gasteiger charge is -1.97. The highest BCUT2D eigenvalue weighted by Crippen LogP contribution is 2.17. The molecule has 62 valence electrons. The monoisotopic (exact) mass is 154 g/mol. The predicted octanol–water partition coefficient (Wildman–Crippen LogP) is 1.73. The van der Waals surface area contributed by atoms with Crippen LogP contribution in [0.1, 0.15) is 32.4 Å². The molecule has 3 nitrogen and oxygen atoms in total. The lowest BCUT2D eigenvalue weighted by molar-refractivity contribution is 0.404. The molecule has 0 aromatic carbocycles. The molecule has 0 aliphatic carbocycles. The fraction of sp³-hybridized carbons (Fsp3) is 0.625. The number of hydrogen-bond donors (Lipinski definition) is 1. The molecular formula is C8H14N2O. The Labute approximate surface area is 66.7 Å².